The molecule has 0 aliphatic rings. The first kappa shape index (κ1) is 16.4. The SMILES string of the molecule is CCOC(=O)c1ccccc1C(=O)O.Cc1nc[nH]c1C. The van der Waals surface area contributed by atoms with Gasteiger partial charge in [0.15, 0.2) is 0 Å². The van der Waals surface area contributed by atoms with Crippen molar-refractivity contribution in [1.29, 1.82) is 0 Å². The van der Waals surface area contributed by atoms with Gasteiger partial charge in [0.25, 0.3) is 0 Å². The molecule has 0 aliphatic heterocycles. The van der Waals surface area contributed by atoms with Crippen molar-refractivity contribution in [2.24, 2.45) is 0 Å². The van der Waals surface area contributed by atoms with Crippen molar-refractivity contribution in [2.75, 3.05) is 6.61 Å². The van der Waals surface area contributed by atoms with Gasteiger partial charge in [-0.2, -0.15) is 0 Å². The number of imidazole rings is 1. The molecule has 0 aliphatic carbocycles. The summed E-state index contributed by atoms with van der Waals surface area (Å²) in [7, 11) is 0. The molecule has 6 heteroatoms. The van der Waals surface area contributed by atoms with Crippen LogP contribution in [0.5, 0.6) is 0 Å². The average molecular weight is 290 g/mol. The van der Waals surface area contributed by atoms with Crippen molar-refractivity contribution in [1.82, 2.24) is 9.97 Å². The number of carboxylic acid groups (broad SMARTS) is 1. The number of aromatic nitrogens is 2. The summed E-state index contributed by atoms with van der Waals surface area (Å²) in [4.78, 5) is 28.9. The van der Waals surface area contributed by atoms with Crippen molar-refractivity contribution in [2.45, 2.75) is 20.8 Å². The number of aromatic amines is 1. The fourth-order valence-corrected chi connectivity index (χ4v) is 1.48. The van der Waals surface area contributed by atoms with Crippen LogP contribution in [0.4, 0.5) is 0 Å². The molecule has 2 N–H and O–H groups in total. The first-order valence-electron chi connectivity index (χ1n) is 6.43. The molecule has 112 valence electrons. The van der Waals surface area contributed by atoms with Crippen LogP contribution in [0, 0.1) is 13.8 Å². The number of aryl methyl sites for hydroxylation is 2. The lowest BCUT2D eigenvalue weighted by Crippen LogP contribution is -2.11. The Morgan fingerprint density at radius 3 is 2.24 bits per heavy atom. The van der Waals surface area contributed by atoms with Gasteiger partial charge >= 0.3 is 11.9 Å². The maximum absolute atomic E-state index is 11.3. The topological polar surface area (TPSA) is 92.3 Å². The van der Waals surface area contributed by atoms with Gasteiger partial charge in [-0.25, -0.2) is 14.6 Å². The van der Waals surface area contributed by atoms with Gasteiger partial charge in [0.2, 0.25) is 0 Å². The monoisotopic (exact) mass is 290 g/mol. The van der Waals surface area contributed by atoms with Gasteiger partial charge < -0.3 is 14.8 Å². The summed E-state index contributed by atoms with van der Waals surface area (Å²) < 4.78 is 4.72. The molecule has 6 nitrogen and oxygen atoms in total. The molecule has 0 saturated carbocycles. The number of aromatic carboxylic acids is 1. The zero-order valence-electron chi connectivity index (χ0n) is 12.2. The predicted molar refractivity (Wildman–Crippen MR) is 77.4 cm³/mol. The van der Waals surface area contributed by atoms with E-state index in [9.17, 15) is 9.59 Å². The van der Waals surface area contributed by atoms with E-state index in [2.05, 4.69) is 9.97 Å². The van der Waals surface area contributed by atoms with Gasteiger partial charge in [0.05, 0.1) is 29.8 Å². The van der Waals surface area contributed by atoms with Gasteiger partial charge in [-0.1, -0.05) is 12.1 Å². The highest BCUT2D eigenvalue weighted by molar-refractivity contribution is 6.02. The summed E-state index contributed by atoms with van der Waals surface area (Å²) in [5.74, 6) is -1.74. The van der Waals surface area contributed by atoms with Crippen LogP contribution >= 0.6 is 0 Å². The van der Waals surface area contributed by atoms with Crippen LogP contribution in [-0.4, -0.2) is 33.6 Å². The summed E-state index contributed by atoms with van der Waals surface area (Å²) >= 11 is 0. The van der Waals surface area contributed by atoms with E-state index in [0.717, 1.165) is 11.4 Å². The molecule has 0 bridgehead atoms. The molecular formula is C15H18N2O4. The van der Waals surface area contributed by atoms with Gasteiger partial charge in [-0.15, -0.1) is 0 Å². The largest absolute Gasteiger partial charge is 0.478 e. The first-order chi connectivity index (χ1) is 9.97. The van der Waals surface area contributed by atoms with E-state index in [1.54, 1.807) is 25.4 Å². The zero-order chi connectivity index (χ0) is 15.8. The first-order valence-corrected chi connectivity index (χ1v) is 6.43. The summed E-state index contributed by atoms with van der Waals surface area (Å²) in [6.45, 7) is 5.88. The van der Waals surface area contributed by atoms with Crippen molar-refractivity contribution < 1.29 is 19.4 Å². The fraction of sp³-hybridized carbons (Fsp3) is 0.267. The summed E-state index contributed by atoms with van der Waals surface area (Å²) in [5.41, 5.74) is 2.29. The van der Waals surface area contributed by atoms with Gasteiger partial charge in [-0.3, -0.25) is 0 Å². The maximum atomic E-state index is 11.3. The quantitative estimate of drug-likeness (QED) is 0.848. The van der Waals surface area contributed by atoms with E-state index in [1.807, 2.05) is 13.8 Å². The Bertz CT molecular complexity index is 603. The zero-order valence-corrected chi connectivity index (χ0v) is 12.2. The van der Waals surface area contributed by atoms with Crippen LogP contribution in [0.15, 0.2) is 30.6 Å². The van der Waals surface area contributed by atoms with Crippen molar-refractivity contribution in [3.05, 3.63) is 53.1 Å². The molecule has 0 atom stereocenters. The van der Waals surface area contributed by atoms with Gasteiger partial charge in [0, 0.05) is 5.69 Å². The lowest BCUT2D eigenvalue weighted by molar-refractivity contribution is 0.0514. The Morgan fingerprint density at radius 2 is 1.86 bits per heavy atom. The molecule has 21 heavy (non-hydrogen) atoms. The molecule has 0 amide bonds. The minimum absolute atomic E-state index is 0.0362. The number of rotatable bonds is 3. The van der Waals surface area contributed by atoms with Gasteiger partial charge in [-0.05, 0) is 32.9 Å². The van der Waals surface area contributed by atoms with E-state index < -0.39 is 11.9 Å². The molecule has 1 aromatic heterocycles. The normalized spacial score (nSPS) is 9.48. The van der Waals surface area contributed by atoms with E-state index in [-0.39, 0.29) is 17.7 Å². The molecule has 2 aromatic rings. The number of hydrogen-bond donors (Lipinski definition) is 2. The van der Waals surface area contributed by atoms with Crippen molar-refractivity contribution in [3.63, 3.8) is 0 Å². The number of nitrogens with one attached hydrogen (secondary N) is 1. The molecule has 0 unspecified atom stereocenters. The van der Waals surface area contributed by atoms with Gasteiger partial charge in [0.1, 0.15) is 0 Å². The minimum atomic E-state index is -1.13. The highest BCUT2D eigenvalue weighted by Gasteiger charge is 2.15. The Hall–Kier alpha value is -2.63. The number of ether oxygens (including phenoxy) is 1. The Labute approximate surface area is 122 Å². The lowest BCUT2D eigenvalue weighted by Gasteiger charge is -2.04. The number of esters is 1. The van der Waals surface area contributed by atoms with Crippen LogP contribution in [0.3, 0.4) is 0 Å². The predicted octanol–water partition coefficient (Wildman–Crippen LogP) is 2.59. The second kappa shape index (κ2) is 7.84. The number of hydrogen-bond acceptors (Lipinski definition) is 4. The standard InChI is InChI=1S/C10H10O4.C5H8N2/c1-2-14-10(13)8-6-4-3-5-7(8)9(11)12;1-4-5(2)7-3-6-4/h3-6H,2H2,1H3,(H,11,12);3H,1-2H3,(H,6,7). The number of carbonyl (C=O) groups excluding carboxylic acids is 1. The highest BCUT2D eigenvalue weighted by atomic mass is 16.5. The number of benzene rings is 1. The molecule has 0 radical (unpaired) electrons. The molecule has 2 rings (SSSR count). The Balaban J connectivity index is 0.000000262. The smallest absolute Gasteiger partial charge is 0.338 e. The second-order valence-corrected chi connectivity index (χ2v) is 4.18. The summed E-state index contributed by atoms with van der Waals surface area (Å²) in [5, 5.41) is 8.77. The van der Waals surface area contributed by atoms with E-state index in [0.29, 0.717) is 0 Å². The highest BCUT2D eigenvalue weighted by Crippen LogP contribution is 2.10. The average Bonchev–Trinajstić information content (AvgIpc) is 2.83. The third kappa shape index (κ3) is 4.76. The van der Waals surface area contributed by atoms with Crippen LogP contribution in [0.1, 0.15) is 39.0 Å². The molecule has 1 aromatic carbocycles. The van der Waals surface area contributed by atoms with Crippen LogP contribution in [0.2, 0.25) is 0 Å². The third-order valence-corrected chi connectivity index (χ3v) is 2.73. The summed E-state index contributed by atoms with van der Waals surface area (Å²) in [6.07, 6.45) is 1.70. The van der Waals surface area contributed by atoms with Crippen LogP contribution in [-0.2, 0) is 4.74 Å². The number of H-pyrrole nitrogens is 1. The van der Waals surface area contributed by atoms with E-state index >= 15 is 0 Å². The molecule has 1 heterocycles. The molecule has 0 saturated heterocycles. The van der Waals surface area contributed by atoms with E-state index in [1.165, 1.54) is 12.1 Å². The number of carboxylic acids is 1. The Morgan fingerprint density at radius 1 is 1.24 bits per heavy atom. The fourth-order valence-electron chi connectivity index (χ4n) is 1.48. The minimum Gasteiger partial charge on any atom is -0.478 e. The molecule has 0 fully saturated rings. The summed E-state index contributed by atoms with van der Waals surface area (Å²) in [6, 6.07) is 5.96. The molecule has 0 spiro atoms. The van der Waals surface area contributed by atoms with Crippen LogP contribution < -0.4 is 0 Å². The number of nitrogens with zero attached hydrogens (tertiary/aromatic N) is 1. The molecular weight excluding hydrogens is 272 g/mol. The Kier molecular flexibility index (Phi) is 6.13. The number of carbonyl (C=O) groups is 2. The van der Waals surface area contributed by atoms with Crippen molar-refractivity contribution in [3.8, 4) is 0 Å². The van der Waals surface area contributed by atoms with Crippen LogP contribution in [0.25, 0.3) is 0 Å². The third-order valence-electron chi connectivity index (χ3n) is 2.73. The second-order valence-electron chi connectivity index (χ2n) is 4.18. The lowest BCUT2D eigenvalue weighted by atomic mass is 10.1. The van der Waals surface area contributed by atoms with Crippen molar-refractivity contribution >= 4 is 11.9 Å². The maximum Gasteiger partial charge on any atom is 0.338 e. The van der Waals surface area contributed by atoms with E-state index in [4.69, 9.17) is 9.84 Å².